The van der Waals surface area contributed by atoms with Gasteiger partial charge >= 0.3 is 0 Å². The SMILES string of the molecule is CC1CN(CCCC(=O)c2ccc(Br)cc2)CCC1=O. The van der Waals surface area contributed by atoms with Gasteiger partial charge in [0.25, 0.3) is 0 Å². The van der Waals surface area contributed by atoms with Crippen molar-refractivity contribution in [3.8, 4) is 0 Å². The van der Waals surface area contributed by atoms with Gasteiger partial charge in [0.2, 0.25) is 0 Å². The second-order valence-corrected chi connectivity index (χ2v) is 6.37. The Bertz CT molecular complexity index is 484. The van der Waals surface area contributed by atoms with Gasteiger partial charge in [0.15, 0.2) is 5.78 Å². The van der Waals surface area contributed by atoms with Crippen molar-refractivity contribution in [1.29, 1.82) is 0 Å². The van der Waals surface area contributed by atoms with E-state index in [1.165, 1.54) is 0 Å². The number of ketones is 2. The van der Waals surface area contributed by atoms with E-state index >= 15 is 0 Å². The maximum atomic E-state index is 12.0. The first-order chi connectivity index (χ1) is 9.56. The average Bonchev–Trinajstić information content (AvgIpc) is 2.43. The van der Waals surface area contributed by atoms with Gasteiger partial charge in [-0.3, -0.25) is 9.59 Å². The predicted octanol–water partition coefficient (Wildman–Crippen LogP) is 3.32. The fourth-order valence-electron chi connectivity index (χ4n) is 2.54. The van der Waals surface area contributed by atoms with Crippen molar-refractivity contribution in [2.75, 3.05) is 19.6 Å². The second kappa shape index (κ2) is 7.14. The van der Waals surface area contributed by atoms with Crippen LogP contribution in [0.25, 0.3) is 0 Å². The molecule has 1 saturated heterocycles. The van der Waals surface area contributed by atoms with Gasteiger partial charge in [0, 0.05) is 41.9 Å². The number of benzene rings is 1. The molecule has 108 valence electrons. The highest BCUT2D eigenvalue weighted by Gasteiger charge is 2.22. The molecule has 0 saturated carbocycles. The molecular weight excluding hydrogens is 318 g/mol. The molecule has 1 aromatic rings. The van der Waals surface area contributed by atoms with Crippen LogP contribution in [0.3, 0.4) is 0 Å². The molecule has 1 unspecified atom stereocenters. The summed E-state index contributed by atoms with van der Waals surface area (Å²) in [6.07, 6.45) is 2.08. The fraction of sp³-hybridized carbons (Fsp3) is 0.500. The zero-order chi connectivity index (χ0) is 14.5. The summed E-state index contributed by atoms with van der Waals surface area (Å²) >= 11 is 3.36. The van der Waals surface area contributed by atoms with Gasteiger partial charge in [0.05, 0.1) is 0 Å². The first kappa shape index (κ1) is 15.4. The number of Topliss-reactive ketones (excluding diaryl/α,β-unsaturated/α-hetero) is 2. The van der Waals surface area contributed by atoms with E-state index in [-0.39, 0.29) is 11.7 Å². The number of hydrogen-bond acceptors (Lipinski definition) is 3. The molecule has 0 aromatic heterocycles. The summed E-state index contributed by atoms with van der Waals surface area (Å²) in [6.45, 7) is 4.57. The van der Waals surface area contributed by atoms with Crippen LogP contribution >= 0.6 is 15.9 Å². The van der Waals surface area contributed by atoms with Crippen LogP contribution in [0.4, 0.5) is 0 Å². The molecule has 1 fully saturated rings. The third-order valence-corrected chi connectivity index (χ3v) is 4.33. The van der Waals surface area contributed by atoms with E-state index in [4.69, 9.17) is 0 Å². The lowest BCUT2D eigenvalue weighted by Gasteiger charge is -2.29. The van der Waals surface area contributed by atoms with E-state index in [9.17, 15) is 9.59 Å². The van der Waals surface area contributed by atoms with E-state index in [0.717, 1.165) is 36.1 Å². The molecule has 4 heteroatoms. The Morgan fingerprint density at radius 3 is 2.70 bits per heavy atom. The van der Waals surface area contributed by atoms with Crippen LogP contribution < -0.4 is 0 Å². The highest BCUT2D eigenvalue weighted by Crippen LogP contribution is 2.15. The third-order valence-electron chi connectivity index (χ3n) is 3.80. The summed E-state index contributed by atoms with van der Waals surface area (Å²) in [6, 6.07) is 7.50. The molecule has 1 aliphatic heterocycles. The number of halogens is 1. The van der Waals surface area contributed by atoms with Gasteiger partial charge in [-0.25, -0.2) is 0 Å². The first-order valence-corrected chi connectivity index (χ1v) is 7.89. The van der Waals surface area contributed by atoms with Crippen LogP contribution in [-0.4, -0.2) is 36.1 Å². The molecule has 0 radical (unpaired) electrons. The van der Waals surface area contributed by atoms with Crippen molar-refractivity contribution in [1.82, 2.24) is 4.90 Å². The molecule has 0 aliphatic carbocycles. The molecule has 3 nitrogen and oxygen atoms in total. The summed E-state index contributed by atoms with van der Waals surface area (Å²) in [5.41, 5.74) is 0.774. The quantitative estimate of drug-likeness (QED) is 0.773. The molecule has 1 atom stereocenters. The van der Waals surface area contributed by atoms with Gasteiger partial charge < -0.3 is 4.90 Å². The minimum atomic E-state index is 0.144. The molecule has 0 spiro atoms. The molecule has 20 heavy (non-hydrogen) atoms. The van der Waals surface area contributed by atoms with Crippen LogP contribution in [0.2, 0.25) is 0 Å². The van der Waals surface area contributed by atoms with Crippen molar-refractivity contribution in [2.45, 2.75) is 26.2 Å². The van der Waals surface area contributed by atoms with Crippen molar-refractivity contribution in [2.24, 2.45) is 5.92 Å². The Balaban J connectivity index is 1.74. The van der Waals surface area contributed by atoms with Gasteiger partial charge in [-0.15, -0.1) is 0 Å². The summed E-state index contributed by atoms with van der Waals surface area (Å²) in [5.74, 6) is 0.705. The van der Waals surface area contributed by atoms with Crippen LogP contribution in [0.15, 0.2) is 28.7 Å². The van der Waals surface area contributed by atoms with Crippen LogP contribution in [0, 0.1) is 5.92 Å². The Morgan fingerprint density at radius 2 is 2.05 bits per heavy atom. The molecule has 0 N–H and O–H groups in total. The predicted molar refractivity (Wildman–Crippen MR) is 82.9 cm³/mol. The molecule has 0 amide bonds. The monoisotopic (exact) mass is 337 g/mol. The number of nitrogens with zero attached hydrogens (tertiary/aromatic N) is 1. The minimum Gasteiger partial charge on any atom is -0.302 e. The molecule has 1 heterocycles. The zero-order valence-corrected chi connectivity index (χ0v) is 13.4. The molecule has 1 aliphatic rings. The van der Waals surface area contributed by atoms with E-state index < -0.39 is 0 Å². The van der Waals surface area contributed by atoms with Crippen molar-refractivity contribution in [3.63, 3.8) is 0 Å². The Kier molecular flexibility index (Phi) is 5.49. The number of piperidine rings is 1. The standard InChI is InChI=1S/C16H20BrNO2/c1-12-11-18(10-8-15(12)19)9-2-3-16(20)13-4-6-14(17)7-5-13/h4-7,12H,2-3,8-11H2,1H3. The van der Waals surface area contributed by atoms with Gasteiger partial charge in [-0.05, 0) is 25.1 Å². The smallest absolute Gasteiger partial charge is 0.162 e. The minimum absolute atomic E-state index is 0.144. The number of carbonyl (C=O) groups excluding carboxylic acids is 2. The highest BCUT2D eigenvalue weighted by molar-refractivity contribution is 9.10. The fourth-order valence-corrected chi connectivity index (χ4v) is 2.81. The topological polar surface area (TPSA) is 37.4 Å². The second-order valence-electron chi connectivity index (χ2n) is 5.45. The maximum absolute atomic E-state index is 12.0. The number of likely N-dealkylation sites (tertiary alicyclic amines) is 1. The van der Waals surface area contributed by atoms with E-state index in [0.29, 0.717) is 18.6 Å². The van der Waals surface area contributed by atoms with Gasteiger partial charge in [-0.1, -0.05) is 35.0 Å². The van der Waals surface area contributed by atoms with Crippen LogP contribution in [0.5, 0.6) is 0 Å². The Morgan fingerprint density at radius 1 is 1.35 bits per heavy atom. The lowest BCUT2D eigenvalue weighted by molar-refractivity contribution is -0.125. The number of carbonyl (C=O) groups is 2. The normalized spacial score (nSPS) is 20.1. The van der Waals surface area contributed by atoms with E-state index in [1.54, 1.807) is 0 Å². The van der Waals surface area contributed by atoms with Crippen LogP contribution in [0.1, 0.15) is 36.5 Å². The maximum Gasteiger partial charge on any atom is 0.162 e. The summed E-state index contributed by atoms with van der Waals surface area (Å²) in [5, 5.41) is 0. The van der Waals surface area contributed by atoms with E-state index in [2.05, 4.69) is 20.8 Å². The van der Waals surface area contributed by atoms with E-state index in [1.807, 2.05) is 31.2 Å². The summed E-state index contributed by atoms with van der Waals surface area (Å²) < 4.78 is 0.987. The van der Waals surface area contributed by atoms with Crippen molar-refractivity contribution in [3.05, 3.63) is 34.3 Å². The molecule has 2 rings (SSSR count). The average molecular weight is 338 g/mol. The zero-order valence-electron chi connectivity index (χ0n) is 11.8. The lowest BCUT2D eigenvalue weighted by Crippen LogP contribution is -2.40. The molecule has 1 aromatic carbocycles. The Labute approximate surface area is 128 Å². The summed E-state index contributed by atoms with van der Waals surface area (Å²) in [4.78, 5) is 25.8. The third kappa shape index (κ3) is 4.25. The van der Waals surface area contributed by atoms with Gasteiger partial charge in [-0.2, -0.15) is 0 Å². The lowest BCUT2D eigenvalue weighted by atomic mass is 9.98. The number of rotatable bonds is 5. The van der Waals surface area contributed by atoms with Crippen molar-refractivity contribution >= 4 is 27.5 Å². The van der Waals surface area contributed by atoms with Crippen molar-refractivity contribution < 1.29 is 9.59 Å². The van der Waals surface area contributed by atoms with Crippen LogP contribution in [-0.2, 0) is 4.79 Å². The number of hydrogen-bond donors (Lipinski definition) is 0. The molecular formula is C16H20BrNO2. The largest absolute Gasteiger partial charge is 0.302 e. The summed E-state index contributed by atoms with van der Waals surface area (Å²) in [7, 11) is 0. The first-order valence-electron chi connectivity index (χ1n) is 7.10. The Hall–Kier alpha value is -1.00. The highest BCUT2D eigenvalue weighted by atomic mass is 79.9. The molecule has 0 bridgehead atoms. The van der Waals surface area contributed by atoms with Gasteiger partial charge in [0.1, 0.15) is 5.78 Å².